The molecular formula is C30H30N2O5. The Kier molecular flexibility index (Phi) is 5.77. The molecule has 0 spiro atoms. The summed E-state index contributed by atoms with van der Waals surface area (Å²) in [5.41, 5.74) is 2.91. The van der Waals surface area contributed by atoms with Crippen molar-refractivity contribution in [2.45, 2.75) is 38.1 Å². The number of phenols is 1. The van der Waals surface area contributed by atoms with Crippen molar-refractivity contribution in [2.75, 3.05) is 10.2 Å². The number of imide groups is 1. The second-order valence-corrected chi connectivity index (χ2v) is 10.3. The summed E-state index contributed by atoms with van der Waals surface area (Å²) in [6.07, 6.45) is 0.809. The van der Waals surface area contributed by atoms with Crippen LogP contribution in [0.5, 0.6) is 5.75 Å². The van der Waals surface area contributed by atoms with Crippen LogP contribution < -0.4 is 10.2 Å². The maximum Gasteiger partial charge on any atom is 0.238 e. The smallest absolute Gasteiger partial charge is 0.238 e. The van der Waals surface area contributed by atoms with Crippen molar-refractivity contribution >= 4 is 28.9 Å². The molecule has 3 aromatic carbocycles. The van der Waals surface area contributed by atoms with Crippen LogP contribution in [0.1, 0.15) is 37.9 Å². The van der Waals surface area contributed by atoms with Crippen molar-refractivity contribution in [1.29, 1.82) is 0 Å². The number of para-hydroxylation sites is 2. The van der Waals surface area contributed by atoms with Crippen LogP contribution in [0.15, 0.2) is 78.9 Å². The number of phenolic OH excluding ortho intramolecular Hbond substituents is 1. The number of fused-ring (bicyclic) bond motifs is 3. The number of amides is 2. The molecule has 6 rings (SSSR count). The number of hydrogen-bond acceptors (Lipinski definition) is 6. The average Bonchev–Trinajstić information content (AvgIpc) is 3.38. The SMILES string of the molecule is CC[C@H]1C[C@@H]2C(=O)N(c3ccc(Nc4ccccc4)cc3)C(=O)[C@@H]2[C@@H]2C[C@@H](c3ccccc3O)O[C@]12O. The van der Waals surface area contributed by atoms with Gasteiger partial charge in [0.25, 0.3) is 0 Å². The first-order valence-electron chi connectivity index (χ1n) is 12.9. The molecule has 1 saturated carbocycles. The number of benzene rings is 3. The van der Waals surface area contributed by atoms with E-state index in [0.29, 0.717) is 30.5 Å². The van der Waals surface area contributed by atoms with Gasteiger partial charge in [-0.3, -0.25) is 14.5 Å². The zero-order valence-corrected chi connectivity index (χ0v) is 20.6. The fourth-order valence-electron chi connectivity index (χ4n) is 6.54. The second-order valence-electron chi connectivity index (χ2n) is 10.3. The molecule has 3 aliphatic rings. The highest BCUT2D eigenvalue weighted by Gasteiger charge is 2.66. The Balaban J connectivity index is 1.29. The molecule has 0 radical (unpaired) electrons. The number of carbonyl (C=O) groups excluding carboxylic acids is 2. The molecule has 2 saturated heterocycles. The third-order valence-electron chi connectivity index (χ3n) is 8.33. The Labute approximate surface area is 215 Å². The van der Waals surface area contributed by atoms with Gasteiger partial charge in [0.1, 0.15) is 5.75 Å². The molecular weight excluding hydrogens is 468 g/mol. The summed E-state index contributed by atoms with van der Waals surface area (Å²) in [6, 6.07) is 23.9. The molecule has 6 atom stereocenters. The van der Waals surface area contributed by atoms with E-state index in [0.717, 1.165) is 11.4 Å². The van der Waals surface area contributed by atoms with Crippen molar-refractivity contribution in [3.8, 4) is 5.75 Å². The standard InChI is InChI=1S/C30H30N2O5/c1-2-18-16-23-27(24-17-26(37-30(18,24)36)22-10-6-7-11-25(22)33)29(35)32(28(23)34)21-14-12-20(13-15-21)31-19-8-4-3-5-9-19/h3-15,18,23-24,26-27,31,33,36H,2,16-17H2,1H3/t18-,23-,24-,26-,27-,30+/m0/s1. The predicted molar refractivity (Wildman–Crippen MR) is 139 cm³/mol. The Morgan fingerprint density at radius 1 is 0.919 bits per heavy atom. The molecule has 2 amide bonds. The van der Waals surface area contributed by atoms with Crippen LogP contribution in [0.2, 0.25) is 0 Å². The van der Waals surface area contributed by atoms with Crippen LogP contribution >= 0.6 is 0 Å². The Bertz CT molecular complexity index is 1330. The van der Waals surface area contributed by atoms with E-state index in [4.69, 9.17) is 4.74 Å². The normalized spacial score (nSPS) is 30.8. The molecule has 1 aliphatic carbocycles. The van der Waals surface area contributed by atoms with Gasteiger partial charge < -0.3 is 20.3 Å². The number of anilines is 3. The van der Waals surface area contributed by atoms with E-state index in [1.807, 2.05) is 55.5 Å². The molecule has 3 aromatic rings. The summed E-state index contributed by atoms with van der Waals surface area (Å²) < 4.78 is 6.23. The van der Waals surface area contributed by atoms with Crippen LogP contribution in [0.4, 0.5) is 17.1 Å². The van der Waals surface area contributed by atoms with E-state index in [-0.39, 0.29) is 23.5 Å². The first kappa shape index (κ1) is 23.7. The van der Waals surface area contributed by atoms with Crippen LogP contribution in [0.3, 0.4) is 0 Å². The fraction of sp³-hybridized carbons (Fsp3) is 0.333. The van der Waals surface area contributed by atoms with Gasteiger partial charge in [0.05, 0.1) is 23.6 Å². The van der Waals surface area contributed by atoms with Gasteiger partial charge in [0.15, 0.2) is 5.79 Å². The van der Waals surface area contributed by atoms with E-state index < -0.39 is 29.6 Å². The lowest BCUT2D eigenvalue weighted by atomic mass is 9.64. The number of rotatable bonds is 5. The van der Waals surface area contributed by atoms with Crippen molar-refractivity contribution in [3.05, 3.63) is 84.4 Å². The fourth-order valence-corrected chi connectivity index (χ4v) is 6.54. The van der Waals surface area contributed by atoms with Crippen molar-refractivity contribution in [2.24, 2.45) is 23.7 Å². The number of aliphatic hydroxyl groups is 1. The molecule has 0 bridgehead atoms. The summed E-state index contributed by atoms with van der Waals surface area (Å²) in [6.45, 7) is 1.97. The molecule has 3 fully saturated rings. The second kappa shape index (κ2) is 9.01. The molecule has 0 unspecified atom stereocenters. The highest BCUT2D eigenvalue weighted by atomic mass is 16.6. The number of ether oxygens (including phenoxy) is 1. The summed E-state index contributed by atoms with van der Waals surface area (Å²) >= 11 is 0. The lowest BCUT2D eigenvalue weighted by Crippen LogP contribution is -2.53. The van der Waals surface area contributed by atoms with E-state index in [2.05, 4.69) is 5.32 Å². The minimum Gasteiger partial charge on any atom is -0.508 e. The summed E-state index contributed by atoms with van der Waals surface area (Å²) in [7, 11) is 0. The highest BCUT2D eigenvalue weighted by molar-refractivity contribution is 6.22. The van der Waals surface area contributed by atoms with Gasteiger partial charge in [-0.05, 0) is 61.7 Å². The number of nitrogens with one attached hydrogen (secondary N) is 1. The number of carbonyl (C=O) groups is 2. The lowest BCUT2D eigenvalue weighted by molar-refractivity contribution is -0.269. The third-order valence-corrected chi connectivity index (χ3v) is 8.33. The first-order chi connectivity index (χ1) is 17.9. The topological polar surface area (TPSA) is 99.1 Å². The van der Waals surface area contributed by atoms with Crippen molar-refractivity contribution in [1.82, 2.24) is 0 Å². The number of hydrogen-bond donors (Lipinski definition) is 3. The van der Waals surface area contributed by atoms with Gasteiger partial charge in [-0.2, -0.15) is 0 Å². The summed E-state index contributed by atoms with van der Waals surface area (Å²) in [5, 5.41) is 25.5. The summed E-state index contributed by atoms with van der Waals surface area (Å²) in [4.78, 5) is 28.7. The maximum atomic E-state index is 13.8. The molecule has 2 aliphatic heterocycles. The molecule has 190 valence electrons. The van der Waals surface area contributed by atoms with E-state index in [1.54, 1.807) is 30.3 Å². The van der Waals surface area contributed by atoms with Gasteiger partial charge in [-0.25, -0.2) is 0 Å². The minimum absolute atomic E-state index is 0.0963. The van der Waals surface area contributed by atoms with Gasteiger partial charge in [0.2, 0.25) is 11.8 Å². The minimum atomic E-state index is -1.53. The number of aromatic hydroxyl groups is 1. The van der Waals surface area contributed by atoms with Gasteiger partial charge >= 0.3 is 0 Å². The average molecular weight is 499 g/mol. The quantitative estimate of drug-likeness (QED) is 0.422. The molecule has 2 heterocycles. The maximum absolute atomic E-state index is 13.8. The molecule has 37 heavy (non-hydrogen) atoms. The van der Waals surface area contributed by atoms with E-state index in [1.165, 1.54) is 4.90 Å². The lowest BCUT2D eigenvalue weighted by Gasteiger charge is -2.44. The van der Waals surface area contributed by atoms with Crippen molar-refractivity contribution in [3.63, 3.8) is 0 Å². The van der Waals surface area contributed by atoms with Gasteiger partial charge in [-0.1, -0.05) is 43.3 Å². The van der Waals surface area contributed by atoms with Crippen LogP contribution in [0, 0.1) is 23.7 Å². The van der Waals surface area contributed by atoms with E-state index >= 15 is 0 Å². The molecule has 0 aromatic heterocycles. The zero-order valence-electron chi connectivity index (χ0n) is 20.6. The van der Waals surface area contributed by atoms with Gasteiger partial charge in [0, 0.05) is 28.8 Å². The Morgan fingerprint density at radius 2 is 1.59 bits per heavy atom. The van der Waals surface area contributed by atoms with Crippen LogP contribution in [-0.2, 0) is 14.3 Å². The van der Waals surface area contributed by atoms with Crippen LogP contribution in [-0.4, -0.2) is 27.8 Å². The molecule has 3 N–H and O–H groups in total. The zero-order chi connectivity index (χ0) is 25.7. The monoisotopic (exact) mass is 498 g/mol. The predicted octanol–water partition coefficient (Wildman–Crippen LogP) is 5.14. The van der Waals surface area contributed by atoms with Crippen molar-refractivity contribution < 1.29 is 24.5 Å². The Morgan fingerprint density at radius 3 is 2.30 bits per heavy atom. The third kappa shape index (κ3) is 3.81. The number of nitrogens with zero attached hydrogens (tertiary/aromatic N) is 1. The molecule has 7 heteroatoms. The highest BCUT2D eigenvalue weighted by Crippen LogP contribution is 2.59. The Hall–Kier alpha value is -3.68. The summed E-state index contributed by atoms with van der Waals surface area (Å²) in [5.74, 6) is -3.94. The first-order valence-corrected chi connectivity index (χ1v) is 12.9. The largest absolute Gasteiger partial charge is 0.508 e. The van der Waals surface area contributed by atoms with Gasteiger partial charge in [-0.15, -0.1) is 0 Å². The molecule has 7 nitrogen and oxygen atoms in total. The van der Waals surface area contributed by atoms with Crippen LogP contribution in [0.25, 0.3) is 0 Å². The van der Waals surface area contributed by atoms with E-state index in [9.17, 15) is 19.8 Å².